The van der Waals surface area contributed by atoms with Crippen LogP contribution in [0.3, 0.4) is 0 Å². The Morgan fingerprint density at radius 1 is 1.12 bits per heavy atom. The summed E-state index contributed by atoms with van der Waals surface area (Å²) in [6, 6.07) is 8.43. The van der Waals surface area contributed by atoms with Crippen LogP contribution >= 0.6 is 0 Å². The van der Waals surface area contributed by atoms with Gasteiger partial charge in [0.05, 0.1) is 11.9 Å². The van der Waals surface area contributed by atoms with Crippen molar-refractivity contribution in [1.82, 2.24) is 4.98 Å². The molecule has 4 nitrogen and oxygen atoms in total. The lowest BCUT2D eigenvalue weighted by atomic mass is 10.1. The van der Waals surface area contributed by atoms with Crippen LogP contribution in [0.4, 0.5) is 5.69 Å². The molecular formula is C12H8N2O2. The van der Waals surface area contributed by atoms with Crippen molar-refractivity contribution in [1.29, 1.82) is 0 Å². The topological polar surface area (TPSA) is 62.5 Å². The Kier molecular flexibility index (Phi) is 2.76. The summed E-state index contributed by atoms with van der Waals surface area (Å²) >= 11 is 0. The summed E-state index contributed by atoms with van der Waals surface area (Å²) in [5.74, 6) is 0.207. The maximum atomic E-state index is 10.1. The minimum Gasteiger partial charge on any atom is -0.508 e. The molecule has 2 aromatic rings. The van der Waals surface area contributed by atoms with Crippen LogP contribution in [-0.2, 0) is 4.79 Å². The number of hydrogen-bond donors (Lipinski definition) is 1. The van der Waals surface area contributed by atoms with E-state index in [0.29, 0.717) is 5.69 Å². The molecule has 0 aliphatic carbocycles. The maximum Gasteiger partial charge on any atom is 0.240 e. The van der Waals surface area contributed by atoms with Gasteiger partial charge in [-0.25, -0.2) is 4.79 Å². The molecule has 16 heavy (non-hydrogen) atoms. The van der Waals surface area contributed by atoms with E-state index in [0.717, 1.165) is 11.1 Å². The number of phenols is 1. The van der Waals surface area contributed by atoms with Gasteiger partial charge in [0.2, 0.25) is 6.08 Å². The van der Waals surface area contributed by atoms with Gasteiger partial charge in [0.1, 0.15) is 5.75 Å². The molecule has 0 aliphatic rings. The minimum absolute atomic E-state index is 0.207. The predicted molar refractivity (Wildman–Crippen MR) is 59.1 cm³/mol. The number of benzene rings is 1. The van der Waals surface area contributed by atoms with Crippen LogP contribution in [0.25, 0.3) is 11.1 Å². The van der Waals surface area contributed by atoms with Gasteiger partial charge in [-0.1, -0.05) is 12.1 Å². The van der Waals surface area contributed by atoms with Gasteiger partial charge >= 0.3 is 0 Å². The second-order valence-electron chi connectivity index (χ2n) is 3.18. The molecule has 0 spiro atoms. The predicted octanol–water partition coefficient (Wildman–Crippen LogP) is 2.42. The molecule has 1 N–H and O–H groups in total. The van der Waals surface area contributed by atoms with Crippen LogP contribution in [0.2, 0.25) is 0 Å². The zero-order valence-corrected chi connectivity index (χ0v) is 8.29. The summed E-state index contributed by atoms with van der Waals surface area (Å²) in [6.45, 7) is 0. The highest BCUT2D eigenvalue weighted by molar-refractivity contribution is 5.67. The highest BCUT2D eigenvalue weighted by Crippen LogP contribution is 2.24. The second-order valence-corrected chi connectivity index (χ2v) is 3.18. The van der Waals surface area contributed by atoms with Crippen molar-refractivity contribution in [2.45, 2.75) is 0 Å². The molecule has 78 valence electrons. The molecule has 0 fully saturated rings. The van der Waals surface area contributed by atoms with Crippen molar-refractivity contribution in [3.63, 3.8) is 0 Å². The van der Waals surface area contributed by atoms with E-state index in [1.807, 2.05) is 0 Å². The molecule has 0 radical (unpaired) electrons. The quantitative estimate of drug-likeness (QED) is 0.614. The summed E-state index contributed by atoms with van der Waals surface area (Å²) in [5.41, 5.74) is 2.19. The fourth-order valence-electron chi connectivity index (χ4n) is 1.35. The number of isocyanates is 1. The Balaban J connectivity index is 2.43. The van der Waals surface area contributed by atoms with Gasteiger partial charge in [-0.3, -0.25) is 4.98 Å². The average Bonchev–Trinajstić information content (AvgIpc) is 2.31. The van der Waals surface area contributed by atoms with Crippen molar-refractivity contribution in [2.75, 3.05) is 0 Å². The lowest BCUT2D eigenvalue weighted by Gasteiger charge is -2.01. The van der Waals surface area contributed by atoms with Crippen molar-refractivity contribution in [3.8, 4) is 16.9 Å². The minimum atomic E-state index is 0.207. The molecule has 1 heterocycles. The first-order valence-corrected chi connectivity index (χ1v) is 4.62. The Hall–Kier alpha value is -2.45. The first-order chi connectivity index (χ1) is 7.79. The molecule has 0 atom stereocenters. The standard InChI is InChI=1S/C12H8N2O2/c15-8-14-11-5-10(6-13-7-11)9-1-3-12(16)4-2-9/h1-7,16H. The molecule has 0 amide bonds. The van der Waals surface area contributed by atoms with E-state index in [4.69, 9.17) is 5.11 Å². The lowest BCUT2D eigenvalue weighted by molar-refractivity contribution is 0.475. The molecule has 0 unspecified atom stereocenters. The Morgan fingerprint density at radius 2 is 1.88 bits per heavy atom. The number of carbonyl (C=O) groups excluding carboxylic acids is 1. The third-order valence-corrected chi connectivity index (χ3v) is 2.10. The third-order valence-electron chi connectivity index (χ3n) is 2.10. The smallest absolute Gasteiger partial charge is 0.240 e. The van der Waals surface area contributed by atoms with Crippen LogP contribution in [0, 0.1) is 0 Å². The number of aromatic nitrogens is 1. The molecule has 0 bridgehead atoms. The zero-order valence-electron chi connectivity index (χ0n) is 8.29. The van der Waals surface area contributed by atoms with E-state index >= 15 is 0 Å². The maximum absolute atomic E-state index is 10.1. The molecule has 4 heteroatoms. The van der Waals surface area contributed by atoms with Crippen LogP contribution in [0.1, 0.15) is 0 Å². The molecule has 2 rings (SSSR count). The normalized spacial score (nSPS) is 9.50. The third kappa shape index (κ3) is 2.13. The van der Waals surface area contributed by atoms with Gasteiger partial charge in [0.15, 0.2) is 0 Å². The van der Waals surface area contributed by atoms with Gasteiger partial charge in [0, 0.05) is 11.8 Å². The van der Waals surface area contributed by atoms with Gasteiger partial charge in [0.25, 0.3) is 0 Å². The number of pyridine rings is 1. The van der Waals surface area contributed by atoms with Crippen LogP contribution in [-0.4, -0.2) is 16.2 Å². The fourth-order valence-corrected chi connectivity index (χ4v) is 1.35. The molecule has 0 saturated carbocycles. The highest BCUT2D eigenvalue weighted by Gasteiger charge is 1.99. The SMILES string of the molecule is O=C=Nc1cncc(-c2ccc(O)cc2)c1. The zero-order chi connectivity index (χ0) is 11.4. The fraction of sp³-hybridized carbons (Fsp3) is 0. The summed E-state index contributed by atoms with van der Waals surface area (Å²) in [6.07, 6.45) is 4.61. The van der Waals surface area contributed by atoms with Gasteiger partial charge < -0.3 is 5.11 Å². The summed E-state index contributed by atoms with van der Waals surface area (Å²) in [5, 5.41) is 9.16. The van der Waals surface area contributed by atoms with Crippen molar-refractivity contribution in [2.24, 2.45) is 4.99 Å². The number of hydrogen-bond acceptors (Lipinski definition) is 4. The van der Waals surface area contributed by atoms with E-state index in [9.17, 15) is 4.79 Å². The summed E-state index contributed by atoms with van der Waals surface area (Å²) in [7, 11) is 0. The number of rotatable bonds is 2. The van der Waals surface area contributed by atoms with Crippen molar-refractivity contribution >= 4 is 11.8 Å². The van der Waals surface area contributed by atoms with Crippen LogP contribution in [0.15, 0.2) is 47.7 Å². The molecule has 1 aromatic carbocycles. The van der Waals surface area contributed by atoms with Crippen molar-refractivity contribution < 1.29 is 9.90 Å². The molecule has 0 aliphatic heterocycles. The molecular weight excluding hydrogens is 204 g/mol. The number of aliphatic imine (C=N–C) groups is 1. The van der Waals surface area contributed by atoms with Gasteiger partial charge in [-0.15, -0.1) is 0 Å². The van der Waals surface area contributed by atoms with E-state index < -0.39 is 0 Å². The molecule has 0 saturated heterocycles. The Bertz CT molecular complexity index is 543. The van der Waals surface area contributed by atoms with E-state index in [1.165, 1.54) is 12.3 Å². The van der Waals surface area contributed by atoms with Crippen molar-refractivity contribution in [3.05, 3.63) is 42.7 Å². The Labute approximate surface area is 91.9 Å². The lowest BCUT2D eigenvalue weighted by Crippen LogP contribution is -1.79. The Morgan fingerprint density at radius 3 is 2.56 bits per heavy atom. The number of aromatic hydroxyl groups is 1. The number of phenolic OH excluding ortho intramolecular Hbond substituents is 1. The van der Waals surface area contributed by atoms with Crippen LogP contribution < -0.4 is 0 Å². The highest BCUT2D eigenvalue weighted by atomic mass is 16.3. The van der Waals surface area contributed by atoms with E-state index in [2.05, 4.69) is 9.98 Å². The monoisotopic (exact) mass is 212 g/mol. The molecule has 1 aromatic heterocycles. The van der Waals surface area contributed by atoms with Crippen LogP contribution in [0.5, 0.6) is 5.75 Å². The van der Waals surface area contributed by atoms with E-state index in [1.54, 1.807) is 36.5 Å². The van der Waals surface area contributed by atoms with Gasteiger partial charge in [-0.2, -0.15) is 4.99 Å². The summed E-state index contributed by atoms with van der Waals surface area (Å²) in [4.78, 5) is 17.6. The second kappa shape index (κ2) is 4.38. The number of nitrogens with zero attached hydrogens (tertiary/aromatic N) is 2. The summed E-state index contributed by atoms with van der Waals surface area (Å²) < 4.78 is 0. The first kappa shape index (κ1) is 10.1. The van der Waals surface area contributed by atoms with E-state index in [-0.39, 0.29) is 5.75 Å². The van der Waals surface area contributed by atoms with Gasteiger partial charge in [-0.05, 0) is 23.8 Å². The first-order valence-electron chi connectivity index (χ1n) is 4.62. The average molecular weight is 212 g/mol. The largest absolute Gasteiger partial charge is 0.508 e.